The number of nitrogens with zero attached hydrogens (tertiary/aromatic N) is 2. The van der Waals surface area contributed by atoms with Crippen LogP contribution in [0.2, 0.25) is 0 Å². The molecule has 14 heavy (non-hydrogen) atoms. The quantitative estimate of drug-likeness (QED) is 0.496. The zero-order valence-electron chi connectivity index (χ0n) is 8.65. The van der Waals surface area contributed by atoms with Crippen LogP contribution in [-0.4, -0.2) is 14.9 Å². The molecule has 1 heterocycles. The van der Waals surface area contributed by atoms with Gasteiger partial charge in [-0.05, 0) is 6.07 Å². The second-order valence-corrected chi connectivity index (χ2v) is 2.77. The number of nitrogen functional groups attached to an aromatic ring is 1. The molecule has 0 unspecified atom stereocenters. The van der Waals surface area contributed by atoms with Crippen LogP contribution in [0.1, 0.15) is 13.8 Å². The average molecular weight is 193 g/mol. The van der Waals surface area contributed by atoms with E-state index in [1.165, 1.54) is 0 Å². The van der Waals surface area contributed by atoms with Gasteiger partial charge in [0.25, 0.3) is 0 Å². The monoisotopic (exact) mass is 193 g/mol. The van der Waals surface area contributed by atoms with E-state index in [1.54, 1.807) is 16.8 Å². The first kappa shape index (κ1) is 10.4. The summed E-state index contributed by atoms with van der Waals surface area (Å²) in [7, 11) is 1.83. The fraction of sp³-hybridized carbons (Fsp3) is 0.300. The fourth-order valence-electron chi connectivity index (χ4n) is 1.20. The number of phenols is 1. The maximum atomic E-state index is 9.25. The van der Waals surface area contributed by atoms with E-state index in [-0.39, 0.29) is 5.75 Å². The van der Waals surface area contributed by atoms with Crippen LogP contribution >= 0.6 is 0 Å². The molecule has 0 aliphatic carbocycles. The average Bonchev–Trinajstić information content (AvgIpc) is 2.49. The van der Waals surface area contributed by atoms with Crippen molar-refractivity contribution >= 4 is 16.6 Å². The van der Waals surface area contributed by atoms with Crippen molar-refractivity contribution in [2.45, 2.75) is 13.8 Å². The van der Waals surface area contributed by atoms with Gasteiger partial charge in [-0.15, -0.1) is 0 Å². The third-order valence-electron chi connectivity index (χ3n) is 1.77. The third-order valence-corrected chi connectivity index (χ3v) is 1.77. The third kappa shape index (κ3) is 1.79. The van der Waals surface area contributed by atoms with Gasteiger partial charge >= 0.3 is 0 Å². The number of anilines is 1. The summed E-state index contributed by atoms with van der Waals surface area (Å²) in [6, 6.07) is 3.27. The maximum absolute atomic E-state index is 9.25. The van der Waals surface area contributed by atoms with Crippen molar-refractivity contribution in [3.05, 3.63) is 18.3 Å². The first-order valence-electron chi connectivity index (χ1n) is 4.58. The predicted molar refractivity (Wildman–Crippen MR) is 58.1 cm³/mol. The Morgan fingerprint density at radius 2 is 2.00 bits per heavy atom. The topological polar surface area (TPSA) is 64.1 Å². The molecule has 2 rings (SSSR count). The van der Waals surface area contributed by atoms with Gasteiger partial charge in [0.05, 0.1) is 11.2 Å². The predicted octanol–water partition coefficient (Wildman–Crippen LogP) is 1.89. The summed E-state index contributed by atoms with van der Waals surface area (Å²) >= 11 is 0. The molecule has 0 spiro atoms. The Morgan fingerprint density at radius 3 is 2.64 bits per heavy atom. The van der Waals surface area contributed by atoms with Crippen LogP contribution < -0.4 is 5.73 Å². The standard InChI is InChI=1S/C8H9N3O.C2H6/c1-11-4-5-2-6(9)8(12)3-7(5)10-11;1-2/h2-4,12H,9H2,1H3;1-2H3. The van der Waals surface area contributed by atoms with Crippen LogP contribution in [0, 0.1) is 0 Å². The van der Waals surface area contributed by atoms with Gasteiger partial charge in [0.2, 0.25) is 0 Å². The van der Waals surface area contributed by atoms with E-state index in [4.69, 9.17) is 5.73 Å². The number of aromatic hydroxyl groups is 1. The molecule has 3 N–H and O–H groups in total. The fourth-order valence-corrected chi connectivity index (χ4v) is 1.20. The zero-order chi connectivity index (χ0) is 10.7. The summed E-state index contributed by atoms with van der Waals surface area (Å²) in [4.78, 5) is 0. The van der Waals surface area contributed by atoms with Crippen molar-refractivity contribution in [3.63, 3.8) is 0 Å². The Kier molecular flexibility index (Phi) is 2.96. The number of aromatic nitrogens is 2. The van der Waals surface area contributed by atoms with Crippen LogP contribution in [0.15, 0.2) is 18.3 Å². The number of phenolic OH excluding ortho intramolecular Hbond substituents is 1. The van der Waals surface area contributed by atoms with Gasteiger partial charge in [0.15, 0.2) is 0 Å². The summed E-state index contributed by atoms with van der Waals surface area (Å²) in [5, 5.41) is 14.3. The molecule has 0 aliphatic rings. The van der Waals surface area contributed by atoms with Crippen LogP contribution in [0.4, 0.5) is 5.69 Å². The summed E-state index contributed by atoms with van der Waals surface area (Å²) in [6.45, 7) is 4.00. The Hall–Kier alpha value is -1.71. The molecule has 0 saturated carbocycles. The lowest BCUT2D eigenvalue weighted by atomic mass is 10.2. The van der Waals surface area contributed by atoms with Crippen LogP contribution in [-0.2, 0) is 7.05 Å². The van der Waals surface area contributed by atoms with Crippen molar-refractivity contribution in [2.75, 3.05) is 5.73 Å². The molecular weight excluding hydrogens is 178 g/mol. The number of fused-ring (bicyclic) bond motifs is 1. The van der Waals surface area contributed by atoms with Crippen molar-refractivity contribution in [1.82, 2.24) is 9.78 Å². The maximum Gasteiger partial charge on any atom is 0.140 e. The molecule has 0 fully saturated rings. The molecule has 0 bridgehead atoms. The summed E-state index contributed by atoms with van der Waals surface area (Å²) < 4.78 is 1.68. The van der Waals surface area contributed by atoms with E-state index in [2.05, 4.69) is 5.10 Å². The Morgan fingerprint density at radius 1 is 1.36 bits per heavy atom. The van der Waals surface area contributed by atoms with Gasteiger partial charge in [-0.3, -0.25) is 4.68 Å². The lowest BCUT2D eigenvalue weighted by molar-refractivity contribution is 0.478. The summed E-state index contributed by atoms with van der Waals surface area (Å²) in [5.74, 6) is 0.0844. The van der Waals surface area contributed by atoms with E-state index in [0.717, 1.165) is 10.9 Å². The first-order chi connectivity index (χ1) is 6.66. The van der Waals surface area contributed by atoms with E-state index >= 15 is 0 Å². The molecule has 1 aromatic heterocycles. The molecule has 0 radical (unpaired) electrons. The van der Waals surface area contributed by atoms with Crippen molar-refractivity contribution < 1.29 is 5.11 Å². The molecule has 76 valence electrons. The van der Waals surface area contributed by atoms with Gasteiger partial charge in [-0.25, -0.2) is 0 Å². The number of nitrogens with two attached hydrogens (primary N) is 1. The zero-order valence-corrected chi connectivity index (χ0v) is 8.65. The number of benzene rings is 1. The molecule has 0 atom stereocenters. The van der Waals surface area contributed by atoms with E-state index in [9.17, 15) is 5.11 Å². The normalized spacial score (nSPS) is 9.64. The van der Waals surface area contributed by atoms with Crippen LogP contribution in [0.3, 0.4) is 0 Å². The first-order valence-corrected chi connectivity index (χ1v) is 4.58. The highest BCUT2D eigenvalue weighted by Crippen LogP contribution is 2.25. The largest absolute Gasteiger partial charge is 0.506 e. The minimum atomic E-state index is 0.0844. The minimum absolute atomic E-state index is 0.0844. The summed E-state index contributed by atoms with van der Waals surface area (Å²) in [5.41, 5.74) is 6.65. The molecule has 4 heteroatoms. The minimum Gasteiger partial charge on any atom is -0.506 e. The highest BCUT2D eigenvalue weighted by molar-refractivity contribution is 5.84. The van der Waals surface area contributed by atoms with Crippen LogP contribution in [0.5, 0.6) is 5.75 Å². The molecular formula is C10H15N3O. The van der Waals surface area contributed by atoms with Crippen molar-refractivity contribution in [2.24, 2.45) is 7.05 Å². The van der Waals surface area contributed by atoms with Crippen molar-refractivity contribution in [3.8, 4) is 5.75 Å². The van der Waals surface area contributed by atoms with Gasteiger partial charge in [0.1, 0.15) is 5.75 Å². The second-order valence-electron chi connectivity index (χ2n) is 2.77. The Bertz CT molecular complexity index is 395. The Labute approximate surface area is 83.0 Å². The molecule has 1 aromatic carbocycles. The van der Waals surface area contributed by atoms with Crippen molar-refractivity contribution in [1.29, 1.82) is 0 Å². The summed E-state index contributed by atoms with van der Waals surface area (Å²) in [6.07, 6.45) is 1.85. The number of hydrogen-bond donors (Lipinski definition) is 2. The molecule has 0 amide bonds. The van der Waals surface area contributed by atoms with Crippen LogP contribution in [0.25, 0.3) is 10.9 Å². The molecule has 0 saturated heterocycles. The van der Waals surface area contributed by atoms with Gasteiger partial charge in [-0.2, -0.15) is 5.10 Å². The number of rotatable bonds is 0. The second kappa shape index (κ2) is 4.00. The molecule has 2 aromatic rings. The molecule has 0 aliphatic heterocycles. The van der Waals surface area contributed by atoms with E-state index < -0.39 is 0 Å². The Balaban J connectivity index is 0.000000461. The van der Waals surface area contributed by atoms with E-state index in [1.807, 2.05) is 27.1 Å². The smallest absolute Gasteiger partial charge is 0.140 e. The van der Waals surface area contributed by atoms with Gasteiger partial charge in [-0.1, -0.05) is 13.8 Å². The van der Waals surface area contributed by atoms with Gasteiger partial charge in [0, 0.05) is 24.7 Å². The highest BCUT2D eigenvalue weighted by Gasteiger charge is 2.02. The highest BCUT2D eigenvalue weighted by atomic mass is 16.3. The van der Waals surface area contributed by atoms with E-state index in [0.29, 0.717) is 5.69 Å². The molecule has 4 nitrogen and oxygen atoms in total. The van der Waals surface area contributed by atoms with Gasteiger partial charge < -0.3 is 10.8 Å². The number of aryl methyl sites for hydroxylation is 1. The lowest BCUT2D eigenvalue weighted by Gasteiger charge is -1.95. The lowest BCUT2D eigenvalue weighted by Crippen LogP contribution is -1.85. The SMILES string of the molecule is CC.Cn1cc2cc(N)c(O)cc2n1. The number of hydrogen-bond acceptors (Lipinski definition) is 3.